The Balaban J connectivity index is 1.34. The van der Waals surface area contributed by atoms with Crippen LogP contribution in [0.1, 0.15) is 46.5 Å². The Labute approximate surface area is 314 Å². The summed E-state index contributed by atoms with van der Waals surface area (Å²) in [5, 5.41) is 0.554. The number of hydrogen-bond donors (Lipinski definition) is 0. The number of carbonyl (C=O) groups excluding carboxylic acids is 2. The highest BCUT2D eigenvalue weighted by atomic mass is 127. The number of likely N-dealkylation sites (tertiary alicyclic amines) is 2. The van der Waals surface area contributed by atoms with Crippen molar-refractivity contribution < 1.29 is 41.7 Å². The van der Waals surface area contributed by atoms with E-state index in [2.05, 4.69) is 68.0 Å². The van der Waals surface area contributed by atoms with Crippen LogP contribution < -0.4 is 14.4 Å². The predicted octanol–water partition coefficient (Wildman–Crippen LogP) is 8.09. The minimum absolute atomic E-state index is 0.0300. The summed E-state index contributed by atoms with van der Waals surface area (Å²) in [6.07, 6.45) is -2.87. The molecule has 11 nitrogen and oxygen atoms in total. The summed E-state index contributed by atoms with van der Waals surface area (Å²) >= 11 is 5.48. The maximum Gasteiger partial charge on any atom is 0.422 e. The second kappa shape index (κ2) is 15.0. The van der Waals surface area contributed by atoms with Gasteiger partial charge in [0, 0.05) is 74.6 Å². The van der Waals surface area contributed by atoms with Crippen LogP contribution in [0.3, 0.4) is 0 Å². The second-order valence-electron chi connectivity index (χ2n) is 15.7. The van der Waals surface area contributed by atoms with E-state index in [1.54, 1.807) is 9.80 Å². The SMILES string of the molecule is CC(C)(C)OC(=O)N1CC2(CCN(c3nc(OC4CCN(C(=O)OCC[Si](C)(C)C)CC4)nc4c(OCC(F)(F)F)c(Br)c(I)cc34)CC2)C1. The number of carbonyl (C=O) groups is 2. The Morgan fingerprint density at radius 2 is 1.66 bits per heavy atom. The molecule has 3 aliphatic heterocycles. The fourth-order valence-electron chi connectivity index (χ4n) is 6.29. The minimum atomic E-state index is -4.55. The summed E-state index contributed by atoms with van der Waals surface area (Å²) in [6.45, 7) is 14.5. The zero-order valence-corrected chi connectivity index (χ0v) is 34.2. The van der Waals surface area contributed by atoms with Gasteiger partial charge in [-0.1, -0.05) is 19.6 Å². The molecule has 0 radical (unpaired) electrons. The highest BCUT2D eigenvalue weighted by Gasteiger charge is 2.48. The number of amides is 2. The number of rotatable bonds is 8. The molecule has 0 bridgehead atoms. The third-order valence-corrected chi connectivity index (χ3v) is 13.1. The fraction of sp³-hybridized carbons (Fsp3) is 0.697. The number of piperidine rings is 2. The number of benzene rings is 1. The van der Waals surface area contributed by atoms with Crippen LogP contribution in [0.15, 0.2) is 10.5 Å². The van der Waals surface area contributed by atoms with Crippen molar-refractivity contribution in [1.82, 2.24) is 19.8 Å². The second-order valence-corrected chi connectivity index (χ2v) is 23.3. The number of halogens is 5. The van der Waals surface area contributed by atoms with Crippen LogP contribution in [0, 0.1) is 8.99 Å². The van der Waals surface area contributed by atoms with Gasteiger partial charge in [-0.25, -0.2) is 9.59 Å². The van der Waals surface area contributed by atoms with E-state index in [4.69, 9.17) is 23.9 Å². The van der Waals surface area contributed by atoms with Gasteiger partial charge in [-0.05, 0) is 84.2 Å². The maximum atomic E-state index is 13.3. The number of aromatic nitrogens is 2. The number of nitrogens with zero attached hydrogens (tertiary/aromatic N) is 5. The number of anilines is 1. The van der Waals surface area contributed by atoms with E-state index in [1.807, 2.05) is 26.8 Å². The molecular formula is C33H46BrF3IN5O6Si. The van der Waals surface area contributed by atoms with Gasteiger partial charge in [-0.2, -0.15) is 23.1 Å². The van der Waals surface area contributed by atoms with E-state index in [0.29, 0.717) is 78.0 Å². The Bertz CT molecular complexity index is 1570. The molecular weight excluding hydrogens is 854 g/mol. The molecule has 1 spiro atoms. The zero-order chi connectivity index (χ0) is 36.6. The standard InChI is InChI=1S/C33H46BrF3IN5O6Si/c1-31(2,3)49-30(45)43-18-32(19-43)9-13-41(14-10-32)27-22-17-23(38)24(34)26(47-20-33(35,36)37)25(22)39-28(40-27)48-21-7-11-42(12-8-21)29(44)46-15-16-50(4,5)6/h17,21H,7-16,18-20H2,1-6H3. The summed E-state index contributed by atoms with van der Waals surface area (Å²) < 4.78 is 63.7. The third kappa shape index (κ3) is 9.98. The molecule has 50 heavy (non-hydrogen) atoms. The molecule has 0 saturated carbocycles. The number of fused-ring (bicyclic) bond motifs is 1. The monoisotopic (exact) mass is 899 g/mol. The van der Waals surface area contributed by atoms with Crippen LogP contribution >= 0.6 is 38.5 Å². The van der Waals surface area contributed by atoms with Gasteiger partial charge >= 0.3 is 24.4 Å². The fourth-order valence-corrected chi connectivity index (χ4v) is 7.98. The lowest BCUT2D eigenvalue weighted by Crippen LogP contribution is -2.62. The van der Waals surface area contributed by atoms with Gasteiger partial charge in [0.25, 0.3) is 0 Å². The van der Waals surface area contributed by atoms with Crippen LogP contribution in [0.25, 0.3) is 10.9 Å². The molecule has 0 atom stereocenters. The van der Waals surface area contributed by atoms with Crippen molar-refractivity contribution in [3.8, 4) is 11.8 Å². The van der Waals surface area contributed by atoms with E-state index in [1.165, 1.54) is 0 Å². The highest BCUT2D eigenvalue weighted by molar-refractivity contribution is 14.1. The van der Waals surface area contributed by atoms with Crippen molar-refractivity contribution in [2.45, 2.75) is 90.0 Å². The minimum Gasteiger partial charge on any atom is -0.481 e. The lowest BCUT2D eigenvalue weighted by molar-refractivity contribution is -0.153. The lowest BCUT2D eigenvalue weighted by Gasteiger charge is -2.53. The Morgan fingerprint density at radius 3 is 2.24 bits per heavy atom. The van der Waals surface area contributed by atoms with Crippen LogP contribution in [-0.2, 0) is 9.47 Å². The highest BCUT2D eigenvalue weighted by Crippen LogP contribution is 2.45. The molecule has 278 valence electrons. The molecule has 4 heterocycles. The van der Waals surface area contributed by atoms with Gasteiger partial charge in [-0.15, -0.1) is 0 Å². The van der Waals surface area contributed by atoms with Crippen molar-refractivity contribution in [3.63, 3.8) is 0 Å². The number of hydrogen-bond acceptors (Lipinski definition) is 9. The van der Waals surface area contributed by atoms with Crippen molar-refractivity contribution >= 4 is 75.5 Å². The summed E-state index contributed by atoms with van der Waals surface area (Å²) in [7, 11) is -1.33. The van der Waals surface area contributed by atoms with E-state index in [0.717, 1.165) is 18.9 Å². The first-order valence-electron chi connectivity index (χ1n) is 16.9. The average molecular weight is 901 g/mol. The smallest absolute Gasteiger partial charge is 0.422 e. The van der Waals surface area contributed by atoms with E-state index < -0.39 is 26.5 Å². The first-order chi connectivity index (χ1) is 23.2. The van der Waals surface area contributed by atoms with Crippen LogP contribution in [0.5, 0.6) is 11.8 Å². The van der Waals surface area contributed by atoms with Crippen LogP contribution in [0.4, 0.5) is 28.6 Å². The molecule has 3 saturated heterocycles. The quantitative estimate of drug-likeness (QED) is 0.192. The molecule has 2 amide bonds. The molecule has 3 fully saturated rings. The Kier molecular flexibility index (Phi) is 11.7. The topological polar surface area (TPSA) is 107 Å². The summed E-state index contributed by atoms with van der Waals surface area (Å²) in [4.78, 5) is 40.2. The molecule has 5 rings (SSSR count). The Morgan fingerprint density at radius 1 is 1.02 bits per heavy atom. The Hall–Kier alpha value is -2.28. The predicted molar refractivity (Wildman–Crippen MR) is 198 cm³/mol. The molecule has 0 unspecified atom stereocenters. The zero-order valence-electron chi connectivity index (χ0n) is 29.4. The van der Waals surface area contributed by atoms with Crippen molar-refractivity contribution in [2.24, 2.45) is 5.41 Å². The van der Waals surface area contributed by atoms with Crippen molar-refractivity contribution in [3.05, 3.63) is 14.1 Å². The van der Waals surface area contributed by atoms with Crippen LogP contribution in [-0.4, -0.2) is 110 Å². The molecule has 1 aromatic heterocycles. The van der Waals surface area contributed by atoms with Gasteiger partial charge in [0.2, 0.25) is 0 Å². The molecule has 1 aromatic carbocycles. The number of ether oxygens (including phenoxy) is 4. The largest absolute Gasteiger partial charge is 0.481 e. The molecule has 0 N–H and O–H groups in total. The molecule has 3 aliphatic rings. The third-order valence-electron chi connectivity index (χ3n) is 9.06. The molecule has 0 aliphatic carbocycles. The first kappa shape index (κ1) is 38.9. The van der Waals surface area contributed by atoms with Gasteiger partial charge in [-0.3, -0.25) is 0 Å². The van der Waals surface area contributed by atoms with E-state index in [9.17, 15) is 22.8 Å². The average Bonchev–Trinajstić information content (AvgIpc) is 2.98. The molecule has 17 heteroatoms. The van der Waals surface area contributed by atoms with E-state index in [-0.39, 0.29) is 41.0 Å². The summed E-state index contributed by atoms with van der Waals surface area (Å²) in [5.41, 5.74) is -0.384. The first-order valence-corrected chi connectivity index (χ1v) is 22.5. The number of alkyl halides is 3. The summed E-state index contributed by atoms with van der Waals surface area (Å²) in [6, 6.07) is 2.77. The van der Waals surface area contributed by atoms with Crippen molar-refractivity contribution in [1.29, 1.82) is 0 Å². The van der Waals surface area contributed by atoms with Crippen molar-refractivity contribution in [2.75, 3.05) is 57.4 Å². The maximum absolute atomic E-state index is 13.3. The van der Waals surface area contributed by atoms with Gasteiger partial charge in [0.1, 0.15) is 23.0 Å². The lowest BCUT2D eigenvalue weighted by atomic mass is 9.72. The van der Waals surface area contributed by atoms with Gasteiger partial charge in [0.15, 0.2) is 12.4 Å². The van der Waals surface area contributed by atoms with Gasteiger partial charge < -0.3 is 33.6 Å². The summed E-state index contributed by atoms with van der Waals surface area (Å²) in [5.74, 6) is 0.517. The van der Waals surface area contributed by atoms with Gasteiger partial charge in [0.05, 0.1) is 11.1 Å². The normalized spacial score (nSPS) is 18.7. The van der Waals surface area contributed by atoms with E-state index >= 15 is 0 Å². The molecule has 2 aromatic rings. The van der Waals surface area contributed by atoms with Crippen LogP contribution in [0.2, 0.25) is 25.7 Å².